The molecule has 226 valence electrons. The van der Waals surface area contributed by atoms with Crippen LogP contribution < -0.4 is 0 Å². The molecule has 0 radical (unpaired) electrons. The molecule has 48 heavy (non-hydrogen) atoms. The zero-order valence-corrected chi connectivity index (χ0v) is 26.0. The first-order valence-electron chi connectivity index (χ1n) is 15.8. The Morgan fingerprint density at radius 2 is 0.688 bits per heavy atom. The topological polar surface area (TPSA) is 64.5 Å². The van der Waals surface area contributed by atoms with Gasteiger partial charge in [-0.3, -0.25) is 9.97 Å². The van der Waals surface area contributed by atoms with Crippen molar-refractivity contribution in [1.82, 2.24) is 24.9 Å². The molecule has 0 aliphatic heterocycles. The van der Waals surface area contributed by atoms with Crippen molar-refractivity contribution in [1.29, 1.82) is 0 Å². The van der Waals surface area contributed by atoms with E-state index in [4.69, 9.17) is 15.0 Å². The highest BCUT2D eigenvalue weighted by atomic mass is 15.0. The second-order valence-corrected chi connectivity index (χ2v) is 11.4. The largest absolute Gasteiger partial charge is 0.255 e. The summed E-state index contributed by atoms with van der Waals surface area (Å²) >= 11 is 0. The first-order chi connectivity index (χ1) is 23.8. The Balaban J connectivity index is 1.10. The van der Waals surface area contributed by atoms with E-state index < -0.39 is 0 Å². The van der Waals surface area contributed by atoms with Crippen LogP contribution in [0.4, 0.5) is 0 Å². The van der Waals surface area contributed by atoms with Gasteiger partial charge < -0.3 is 0 Å². The lowest BCUT2D eigenvalue weighted by Gasteiger charge is -2.10. The zero-order valence-electron chi connectivity index (χ0n) is 26.0. The molecule has 0 saturated carbocycles. The van der Waals surface area contributed by atoms with Gasteiger partial charge in [0.05, 0.1) is 11.4 Å². The van der Waals surface area contributed by atoms with Gasteiger partial charge in [0.25, 0.3) is 0 Å². The SMILES string of the molecule is c1ccc(-c2ccc(-c3nc(-c4ccccc4)nc(-c4ccc(-c5cccc(-c6ccc(-c7ccccn7)nc6)c5)cc4)n3)cc2)cc1. The van der Waals surface area contributed by atoms with Gasteiger partial charge in [0.15, 0.2) is 17.5 Å². The minimum atomic E-state index is 0.630. The molecule has 0 aliphatic carbocycles. The minimum Gasteiger partial charge on any atom is -0.255 e. The summed E-state index contributed by atoms with van der Waals surface area (Å²) in [5.74, 6) is 1.91. The average molecular weight is 616 g/mol. The number of hydrogen-bond donors (Lipinski definition) is 0. The predicted molar refractivity (Wildman–Crippen MR) is 193 cm³/mol. The van der Waals surface area contributed by atoms with Crippen LogP contribution in [0.15, 0.2) is 176 Å². The van der Waals surface area contributed by atoms with Crippen molar-refractivity contribution in [3.63, 3.8) is 0 Å². The molecule has 0 atom stereocenters. The second kappa shape index (κ2) is 13.0. The maximum Gasteiger partial charge on any atom is 0.164 e. The van der Waals surface area contributed by atoms with Crippen molar-refractivity contribution in [2.24, 2.45) is 0 Å². The quantitative estimate of drug-likeness (QED) is 0.178. The van der Waals surface area contributed by atoms with Gasteiger partial charge in [-0.15, -0.1) is 0 Å². The molecule has 0 N–H and O–H groups in total. The van der Waals surface area contributed by atoms with Crippen LogP contribution in [0.1, 0.15) is 0 Å². The van der Waals surface area contributed by atoms with Gasteiger partial charge in [-0.2, -0.15) is 0 Å². The van der Waals surface area contributed by atoms with Crippen LogP contribution in [0, 0.1) is 0 Å². The summed E-state index contributed by atoms with van der Waals surface area (Å²) in [6.45, 7) is 0. The van der Waals surface area contributed by atoms with Crippen molar-refractivity contribution in [2.45, 2.75) is 0 Å². The Kier molecular flexibility index (Phi) is 7.83. The van der Waals surface area contributed by atoms with Crippen LogP contribution in [-0.4, -0.2) is 24.9 Å². The van der Waals surface area contributed by atoms with Crippen LogP contribution in [0.25, 0.3) is 78.9 Å². The van der Waals surface area contributed by atoms with E-state index in [2.05, 4.69) is 113 Å². The monoisotopic (exact) mass is 615 g/mol. The molecule has 0 unspecified atom stereocenters. The molecule has 0 bridgehead atoms. The van der Waals surface area contributed by atoms with Crippen LogP contribution >= 0.6 is 0 Å². The Hall–Kier alpha value is -6.59. The van der Waals surface area contributed by atoms with Crippen molar-refractivity contribution >= 4 is 0 Å². The molecule has 0 amide bonds. The molecule has 8 aromatic rings. The maximum atomic E-state index is 4.95. The summed E-state index contributed by atoms with van der Waals surface area (Å²) < 4.78 is 0. The Morgan fingerprint density at radius 3 is 1.23 bits per heavy atom. The average Bonchev–Trinajstić information content (AvgIpc) is 3.19. The third-order valence-corrected chi connectivity index (χ3v) is 8.28. The standard InChI is InChI=1S/C43H29N5/c1-3-10-30(11-4-1)31-17-21-34(22-18-31)42-46-41(33-12-5-2-6-13-33)47-43(48-42)35-23-19-32(20-24-35)36-14-9-15-37(28-36)38-25-26-40(45-29-38)39-16-7-8-27-44-39/h1-29H. The molecule has 3 aromatic heterocycles. The van der Waals surface area contributed by atoms with E-state index in [-0.39, 0.29) is 0 Å². The highest BCUT2D eigenvalue weighted by Gasteiger charge is 2.13. The van der Waals surface area contributed by atoms with E-state index in [1.807, 2.05) is 66.9 Å². The first kappa shape index (κ1) is 28.9. The van der Waals surface area contributed by atoms with E-state index in [0.29, 0.717) is 17.5 Å². The van der Waals surface area contributed by atoms with E-state index in [1.54, 1.807) is 6.20 Å². The third kappa shape index (κ3) is 6.13. The third-order valence-electron chi connectivity index (χ3n) is 8.28. The Bertz CT molecular complexity index is 2290. The predicted octanol–water partition coefficient (Wildman–Crippen LogP) is 10.3. The van der Waals surface area contributed by atoms with E-state index in [9.17, 15) is 0 Å². The zero-order chi connectivity index (χ0) is 32.1. The van der Waals surface area contributed by atoms with E-state index in [1.165, 1.54) is 5.56 Å². The summed E-state index contributed by atoms with van der Waals surface area (Å²) in [5.41, 5.74) is 11.2. The molecule has 5 nitrogen and oxygen atoms in total. The molecule has 0 fully saturated rings. The molecule has 5 aromatic carbocycles. The number of aromatic nitrogens is 5. The van der Waals surface area contributed by atoms with Crippen molar-refractivity contribution in [3.05, 3.63) is 176 Å². The van der Waals surface area contributed by atoms with Gasteiger partial charge in [-0.1, -0.05) is 140 Å². The lowest BCUT2D eigenvalue weighted by Crippen LogP contribution is -2.00. The van der Waals surface area contributed by atoms with Crippen molar-refractivity contribution in [2.75, 3.05) is 0 Å². The molecule has 0 spiro atoms. The summed E-state index contributed by atoms with van der Waals surface area (Å²) in [6.07, 6.45) is 3.69. The van der Waals surface area contributed by atoms with Gasteiger partial charge in [-0.25, -0.2) is 15.0 Å². The lowest BCUT2D eigenvalue weighted by atomic mass is 9.99. The molecular formula is C43H29N5. The number of benzene rings is 5. The molecule has 0 aliphatic rings. The van der Waals surface area contributed by atoms with Gasteiger partial charge in [-0.05, 0) is 52.1 Å². The molecule has 0 saturated heterocycles. The van der Waals surface area contributed by atoms with Crippen molar-refractivity contribution < 1.29 is 0 Å². The van der Waals surface area contributed by atoms with Gasteiger partial charge in [0.1, 0.15) is 0 Å². The number of nitrogens with zero attached hydrogens (tertiary/aromatic N) is 5. The summed E-state index contributed by atoms with van der Waals surface area (Å²) in [7, 11) is 0. The van der Waals surface area contributed by atoms with Crippen molar-refractivity contribution in [3.8, 4) is 78.9 Å². The van der Waals surface area contributed by atoms with Gasteiger partial charge in [0.2, 0.25) is 0 Å². The lowest BCUT2D eigenvalue weighted by molar-refractivity contribution is 1.07. The summed E-state index contributed by atoms with van der Waals surface area (Å²) in [4.78, 5) is 23.8. The normalized spacial score (nSPS) is 10.9. The molecule has 3 heterocycles. The highest BCUT2D eigenvalue weighted by molar-refractivity contribution is 5.76. The van der Waals surface area contributed by atoms with E-state index >= 15 is 0 Å². The van der Waals surface area contributed by atoms with E-state index in [0.717, 1.165) is 55.9 Å². The molecule has 5 heteroatoms. The fourth-order valence-corrected chi connectivity index (χ4v) is 5.71. The van der Waals surface area contributed by atoms with Crippen LogP contribution in [-0.2, 0) is 0 Å². The molecule has 8 rings (SSSR count). The maximum absolute atomic E-state index is 4.95. The number of rotatable bonds is 7. The Morgan fingerprint density at radius 1 is 0.271 bits per heavy atom. The fraction of sp³-hybridized carbons (Fsp3) is 0. The highest BCUT2D eigenvalue weighted by Crippen LogP contribution is 2.30. The van der Waals surface area contributed by atoms with Crippen LogP contribution in [0.2, 0.25) is 0 Å². The van der Waals surface area contributed by atoms with Crippen LogP contribution in [0.3, 0.4) is 0 Å². The smallest absolute Gasteiger partial charge is 0.164 e. The Labute approximate surface area is 279 Å². The van der Waals surface area contributed by atoms with Crippen LogP contribution in [0.5, 0.6) is 0 Å². The second-order valence-electron chi connectivity index (χ2n) is 11.4. The van der Waals surface area contributed by atoms with Gasteiger partial charge >= 0.3 is 0 Å². The van der Waals surface area contributed by atoms with Gasteiger partial charge in [0, 0.05) is 34.6 Å². The first-order valence-corrected chi connectivity index (χ1v) is 15.8. The number of pyridine rings is 2. The number of hydrogen-bond acceptors (Lipinski definition) is 5. The summed E-state index contributed by atoms with van der Waals surface area (Å²) in [6, 6.07) is 55.7. The molecular weight excluding hydrogens is 587 g/mol. The fourth-order valence-electron chi connectivity index (χ4n) is 5.71. The summed E-state index contributed by atoms with van der Waals surface area (Å²) in [5, 5.41) is 0. The minimum absolute atomic E-state index is 0.630.